The number of alkyl halides is 2. The van der Waals surface area contributed by atoms with Crippen molar-refractivity contribution in [3.05, 3.63) is 23.2 Å². The van der Waals surface area contributed by atoms with Gasteiger partial charge in [-0.05, 0) is 31.4 Å². The van der Waals surface area contributed by atoms with Gasteiger partial charge in [0.1, 0.15) is 4.33 Å². The normalized spacial score (nSPS) is 22.5. The minimum atomic E-state index is -0.703. The van der Waals surface area contributed by atoms with Gasteiger partial charge in [-0.15, -0.1) is 23.2 Å². The van der Waals surface area contributed by atoms with Crippen molar-refractivity contribution in [2.45, 2.75) is 23.6 Å². The lowest BCUT2D eigenvalue weighted by Crippen LogP contribution is -2.30. The quantitative estimate of drug-likeness (QED) is 0.738. The van der Waals surface area contributed by atoms with Crippen LogP contribution in [0.25, 0.3) is 0 Å². The molecular weight excluding hydrogens is 349 g/mol. The van der Waals surface area contributed by atoms with Crippen LogP contribution in [0, 0.1) is 5.92 Å². The van der Waals surface area contributed by atoms with Crippen LogP contribution in [-0.4, -0.2) is 35.0 Å². The molecule has 3 rings (SSSR count). The second-order valence-corrected chi connectivity index (χ2v) is 7.61. The van der Waals surface area contributed by atoms with Gasteiger partial charge in [-0.1, -0.05) is 11.6 Å². The third-order valence-corrected chi connectivity index (χ3v) is 5.02. The zero-order chi connectivity index (χ0) is 15.7. The summed E-state index contributed by atoms with van der Waals surface area (Å²) in [6.07, 6.45) is 2.35. The van der Waals surface area contributed by atoms with Gasteiger partial charge in [-0.25, -0.2) is 4.79 Å². The van der Waals surface area contributed by atoms with Crippen molar-refractivity contribution in [2.24, 2.45) is 5.92 Å². The number of ether oxygens (including phenoxy) is 2. The summed E-state index contributed by atoms with van der Waals surface area (Å²) in [6, 6.07) is 4.92. The van der Waals surface area contributed by atoms with E-state index in [-0.39, 0.29) is 12.0 Å². The molecule has 1 aliphatic carbocycles. The van der Waals surface area contributed by atoms with Crippen molar-refractivity contribution in [2.75, 3.05) is 19.7 Å². The Morgan fingerprint density at radius 3 is 2.59 bits per heavy atom. The van der Waals surface area contributed by atoms with Crippen LogP contribution < -0.4 is 9.47 Å². The van der Waals surface area contributed by atoms with E-state index in [1.54, 1.807) is 23.1 Å². The number of carbonyl (C=O) groups excluding carboxylic acids is 1. The van der Waals surface area contributed by atoms with E-state index in [0.29, 0.717) is 29.5 Å². The Kier molecular flexibility index (Phi) is 4.62. The summed E-state index contributed by atoms with van der Waals surface area (Å²) in [7, 11) is 0. The summed E-state index contributed by atoms with van der Waals surface area (Å²) in [5.41, 5.74) is 0. The fraction of sp³-hybridized carbons (Fsp3) is 0.533. The first-order valence-corrected chi connectivity index (χ1v) is 8.36. The van der Waals surface area contributed by atoms with Crippen molar-refractivity contribution >= 4 is 40.9 Å². The standard InChI is InChI=1S/C15H16Cl3NO3/c16-11-3-4-12(22-14(20)19-5-1-2-6-19)13(7-11)21-9-10-8-15(10,17)18/h3-4,7,10H,1-2,5-6,8-9H2. The number of likely N-dealkylation sites (tertiary alicyclic amines) is 1. The lowest BCUT2D eigenvalue weighted by Gasteiger charge is -2.17. The van der Waals surface area contributed by atoms with Gasteiger partial charge in [0.25, 0.3) is 0 Å². The minimum Gasteiger partial charge on any atom is -0.489 e. The Labute approximate surface area is 144 Å². The maximum atomic E-state index is 12.1. The molecule has 1 unspecified atom stereocenters. The molecule has 1 saturated carbocycles. The highest BCUT2D eigenvalue weighted by Gasteiger charge is 2.52. The summed E-state index contributed by atoms with van der Waals surface area (Å²) in [5, 5.41) is 0.509. The lowest BCUT2D eigenvalue weighted by atomic mass is 10.3. The van der Waals surface area contributed by atoms with E-state index in [2.05, 4.69) is 0 Å². The molecule has 1 amide bonds. The number of benzene rings is 1. The Bertz CT molecular complexity index is 573. The molecule has 2 aliphatic rings. The molecular formula is C15H16Cl3NO3. The predicted octanol–water partition coefficient (Wildman–Crippen LogP) is 4.51. The van der Waals surface area contributed by atoms with Gasteiger partial charge in [0.2, 0.25) is 0 Å². The Morgan fingerprint density at radius 2 is 1.95 bits per heavy atom. The van der Waals surface area contributed by atoms with Crippen LogP contribution in [-0.2, 0) is 0 Å². The molecule has 1 saturated heterocycles. The molecule has 1 aromatic rings. The molecule has 0 N–H and O–H groups in total. The zero-order valence-corrected chi connectivity index (χ0v) is 14.1. The van der Waals surface area contributed by atoms with Crippen molar-refractivity contribution in [1.82, 2.24) is 4.90 Å². The molecule has 0 radical (unpaired) electrons. The Balaban J connectivity index is 1.66. The van der Waals surface area contributed by atoms with Gasteiger partial charge in [-0.3, -0.25) is 0 Å². The number of rotatable bonds is 4. The first kappa shape index (κ1) is 16.0. The molecule has 0 spiro atoms. The van der Waals surface area contributed by atoms with E-state index in [4.69, 9.17) is 44.3 Å². The van der Waals surface area contributed by atoms with Crippen LogP contribution in [0.3, 0.4) is 0 Å². The third-order valence-electron chi connectivity index (χ3n) is 3.86. The van der Waals surface area contributed by atoms with Crippen molar-refractivity contribution in [3.63, 3.8) is 0 Å². The second kappa shape index (κ2) is 6.34. The molecule has 22 heavy (non-hydrogen) atoms. The van der Waals surface area contributed by atoms with Crippen molar-refractivity contribution in [1.29, 1.82) is 0 Å². The molecule has 120 valence electrons. The van der Waals surface area contributed by atoms with Crippen molar-refractivity contribution < 1.29 is 14.3 Å². The molecule has 1 heterocycles. The van der Waals surface area contributed by atoms with E-state index in [1.165, 1.54) is 0 Å². The van der Waals surface area contributed by atoms with E-state index >= 15 is 0 Å². The first-order chi connectivity index (χ1) is 10.5. The van der Waals surface area contributed by atoms with Crippen LogP contribution in [0.2, 0.25) is 5.02 Å². The van der Waals surface area contributed by atoms with Crippen LogP contribution in [0.1, 0.15) is 19.3 Å². The number of hydrogen-bond donors (Lipinski definition) is 0. The average molecular weight is 365 g/mol. The molecule has 1 aliphatic heterocycles. The molecule has 4 nitrogen and oxygen atoms in total. The summed E-state index contributed by atoms with van der Waals surface area (Å²) in [5.74, 6) is 0.865. The molecule has 2 fully saturated rings. The molecule has 7 heteroatoms. The van der Waals surface area contributed by atoms with Gasteiger partial charge < -0.3 is 14.4 Å². The van der Waals surface area contributed by atoms with Crippen LogP contribution >= 0.6 is 34.8 Å². The Hall–Kier alpha value is -0.840. The molecule has 0 bridgehead atoms. The van der Waals surface area contributed by atoms with Crippen molar-refractivity contribution in [3.8, 4) is 11.5 Å². The molecule has 1 atom stereocenters. The SMILES string of the molecule is O=C(Oc1ccc(Cl)cc1OCC1CC1(Cl)Cl)N1CCCC1. The van der Waals surface area contributed by atoms with E-state index in [0.717, 1.165) is 25.9 Å². The highest BCUT2D eigenvalue weighted by molar-refractivity contribution is 6.50. The zero-order valence-electron chi connectivity index (χ0n) is 11.9. The smallest absolute Gasteiger partial charge is 0.415 e. The minimum absolute atomic E-state index is 0.0805. The van der Waals surface area contributed by atoms with Crippen LogP contribution in [0.5, 0.6) is 11.5 Å². The summed E-state index contributed by atoms with van der Waals surface area (Å²) < 4.78 is 10.4. The summed E-state index contributed by atoms with van der Waals surface area (Å²) >= 11 is 17.9. The van der Waals surface area contributed by atoms with Gasteiger partial charge in [0, 0.05) is 30.1 Å². The Morgan fingerprint density at radius 1 is 1.27 bits per heavy atom. The summed E-state index contributed by atoms with van der Waals surface area (Å²) in [4.78, 5) is 13.8. The monoisotopic (exact) mass is 363 g/mol. The largest absolute Gasteiger partial charge is 0.489 e. The second-order valence-electron chi connectivity index (χ2n) is 5.63. The van der Waals surface area contributed by atoms with Crippen LogP contribution in [0.4, 0.5) is 4.79 Å². The van der Waals surface area contributed by atoms with Gasteiger partial charge in [0.15, 0.2) is 11.5 Å². The highest BCUT2D eigenvalue weighted by atomic mass is 35.5. The number of hydrogen-bond acceptors (Lipinski definition) is 3. The van der Waals surface area contributed by atoms with Gasteiger partial charge in [0.05, 0.1) is 6.61 Å². The molecule has 0 aromatic heterocycles. The average Bonchev–Trinajstić information content (AvgIpc) is 2.90. The topological polar surface area (TPSA) is 38.8 Å². The lowest BCUT2D eigenvalue weighted by molar-refractivity contribution is 0.160. The summed E-state index contributed by atoms with van der Waals surface area (Å²) in [6.45, 7) is 1.82. The van der Waals surface area contributed by atoms with Crippen LogP contribution in [0.15, 0.2) is 18.2 Å². The highest BCUT2D eigenvalue weighted by Crippen LogP contribution is 2.53. The maximum absolute atomic E-state index is 12.1. The predicted molar refractivity (Wildman–Crippen MR) is 86.3 cm³/mol. The fourth-order valence-corrected chi connectivity index (χ4v) is 3.04. The maximum Gasteiger partial charge on any atom is 0.415 e. The van der Waals surface area contributed by atoms with E-state index in [1.807, 2.05) is 0 Å². The van der Waals surface area contributed by atoms with Gasteiger partial charge in [-0.2, -0.15) is 0 Å². The third kappa shape index (κ3) is 3.73. The van der Waals surface area contributed by atoms with Gasteiger partial charge >= 0.3 is 6.09 Å². The fourth-order valence-electron chi connectivity index (χ4n) is 2.38. The number of halogens is 3. The number of carbonyl (C=O) groups is 1. The number of nitrogens with zero attached hydrogens (tertiary/aromatic N) is 1. The van der Waals surface area contributed by atoms with E-state index in [9.17, 15) is 4.79 Å². The number of amides is 1. The first-order valence-electron chi connectivity index (χ1n) is 7.22. The van der Waals surface area contributed by atoms with E-state index < -0.39 is 4.33 Å². The molecule has 1 aromatic carbocycles.